The molecule has 5 nitrogen and oxygen atoms in total. The molecular weight excluding hydrogens is 376 g/mol. The van der Waals surface area contributed by atoms with Crippen molar-refractivity contribution in [3.8, 4) is 15.6 Å². The van der Waals surface area contributed by atoms with Crippen LogP contribution < -0.4 is 9.46 Å². The molecule has 0 aliphatic carbocycles. The number of sulfonamides is 1. The molecule has 0 aliphatic heterocycles. The molecule has 0 saturated carbocycles. The Hall–Kier alpha value is -1.74. The lowest BCUT2D eigenvalue weighted by Crippen LogP contribution is -2.28. The Morgan fingerprint density at radius 3 is 2.68 bits per heavy atom. The summed E-state index contributed by atoms with van der Waals surface area (Å²) in [6.45, 7) is 2.26. The van der Waals surface area contributed by atoms with Gasteiger partial charge in [0.2, 0.25) is 10.0 Å². The number of thiophene rings is 1. The Morgan fingerprint density at radius 1 is 1.16 bits per heavy atom. The Kier molecular flexibility index (Phi) is 5.85. The monoisotopic (exact) mass is 394 g/mol. The molecular formula is C17H18N2O3S3. The van der Waals surface area contributed by atoms with E-state index in [1.54, 1.807) is 23.5 Å². The molecule has 0 saturated heterocycles. The molecule has 1 N–H and O–H groups in total. The fourth-order valence-corrected chi connectivity index (χ4v) is 4.83. The second-order valence-electron chi connectivity index (χ2n) is 5.31. The molecule has 0 atom stereocenters. The molecule has 0 bridgehead atoms. The summed E-state index contributed by atoms with van der Waals surface area (Å²) < 4.78 is 32.3. The van der Waals surface area contributed by atoms with Gasteiger partial charge in [-0.2, -0.15) is 0 Å². The lowest BCUT2D eigenvalue weighted by Gasteiger charge is -2.08. The summed E-state index contributed by atoms with van der Waals surface area (Å²) in [5.41, 5.74) is 0.858. The van der Waals surface area contributed by atoms with Crippen LogP contribution in [0.4, 0.5) is 0 Å². The van der Waals surface area contributed by atoms with Crippen LogP contribution in [0.2, 0.25) is 0 Å². The molecule has 132 valence electrons. The van der Waals surface area contributed by atoms with Gasteiger partial charge in [0, 0.05) is 11.4 Å². The molecule has 1 aromatic carbocycles. The molecule has 25 heavy (non-hydrogen) atoms. The molecule has 3 aromatic rings. The quantitative estimate of drug-likeness (QED) is 0.633. The maximum Gasteiger partial charge on any atom is 0.215 e. The number of aromatic nitrogens is 1. The van der Waals surface area contributed by atoms with E-state index in [1.807, 2.05) is 42.6 Å². The summed E-state index contributed by atoms with van der Waals surface area (Å²) in [5, 5.41) is 2.93. The predicted molar refractivity (Wildman–Crippen MR) is 103 cm³/mol. The number of hydrogen-bond donors (Lipinski definition) is 1. The Labute approximate surface area is 155 Å². The van der Waals surface area contributed by atoms with E-state index in [9.17, 15) is 8.42 Å². The zero-order valence-corrected chi connectivity index (χ0v) is 16.1. The summed E-state index contributed by atoms with van der Waals surface area (Å²) in [6.07, 6.45) is 0. The number of nitrogens with one attached hydrogen (secondary N) is 1. The van der Waals surface area contributed by atoms with Crippen LogP contribution in [0, 0.1) is 6.92 Å². The Morgan fingerprint density at radius 2 is 1.96 bits per heavy atom. The average Bonchev–Trinajstić information content (AvgIpc) is 3.23. The third-order valence-corrected chi connectivity index (χ3v) is 6.93. The molecule has 0 radical (unpaired) electrons. The number of rotatable bonds is 8. The fraction of sp³-hybridized carbons (Fsp3) is 0.235. The van der Waals surface area contributed by atoms with Crippen molar-refractivity contribution in [3.05, 3.63) is 58.4 Å². The molecule has 2 heterocycles. The van der Waals surface area contributed by atoms with Gasteiger partial charge in [0.25, 0.3) is 0 Å². The normalized spacial score (nSPS) is 11.6. The van der Waals surface area contributed by atoms with E-state index in [4.69, 9.17) is 4.74 Å². The number of benzene rings is 1. The molecule has 2 aromatic heterocycles. The van der Waals surface area contributed by atoms with Crippen LogP contribution in [0.15, 0.2) is 47.8 Å². The molecule has 0 unspecified atom stereocenters. The van der Waals surface area contributed by atoms with Crippen LogP contribution in [0.25, 0.3) is 9.88 Å². The van der Waals surface area contributed by atoms with Gasteiger partial charge in [0.15, 0.2) is 0 Å². The minimum Gasteiger partial charge on any atom is -0.492 e. The fourth-order valence-electron chi connectivity index (χ4n) is 2.13. The van der Waals surface area contributed by atoms with Gasteiger partial charge in [-0.3, -0.25) is 0 Å². The van der Waals surface area contributed by atoms with Gasteiger partial charge < -0.3 is 4.74 Å². The van der Waals surface area contributed by atoms with Crippen LogP contribution in [0.3, 0.4) is 0 Å². The SMILES string of the molecule is Cc1nc(-c2cccs2)sc1CNS(=O)(=O)CCOc1ccccc1. The lowest BCUT2D eigenvalue weighted by atomic mass is 10.3. The first-order chi connectivity index (χ1) is 12.0. The van der Waals surface area contributed by atoms with Crippen molar-refractivity contribution < 1.29 is 13.2 Å². The van der Waals surface area contributed by atoms with Gasteiger partial charge >= 0.3 is 0 Å². The highest BCUT2D eigenvalue weighted by Crippen LogP contribution is 2.31. The highest BCUT2D eigenvalue weighted by molar-refractivity contribution is 7.89. The summed E-state index contributed by atoms with van der Waals surface area (Å²) >= 11 is 3.14. The average molecular weight is 395 g/mol. The molecule has 3 rings (SSSR count). The third kappa shape index (κ3) is 5.12. The molecule has 0 aliphatic rings. The van der Waals surface area contributed by atoms with Crippen molar-refractivity contribution >= 4 is 32.7 Å². The van der Waals surface area contributed by atoms with E-state index in [1.165, 1.54) is 11.3 Å². The second-order valence-corrected chi connectivity index (χ2v) is 9.26. The zero-order chi connectivity index (χ0) is 17.7. The van der Waals surface area contributed by atoms with Crippen molar-refractivity contribution in [1.82, 2.24) is 9.71 Å². The summed E-state index contributed by atoms with van der Waals surface area (Å²) in [7, 11) is -3.40. The second kappa shape index (κ2) is 8.09. The van der Waals surface area contributed by atoms with Crippen molar-refractivity contribution in [1.29, 1.82) is 0 Å². The van der Waals surface area contributed by atoms with Crippen molar-refractivity contribution in [2.45, 2.75) is 13.5 Å². The number of thiazole rings is 1. The molecule has 0 spiro atoms. The highest BCUT2D eigenvalue weighted by atomic mass is 32.2. The summed E-state index contributed by atoms with van der Waals surface area (Å²) in [6, 6.07) is 13.2. The molecule has 0 fully saturated rings. The van der Waals surface area contributed by atoms with Gasteiger partial charge in [0.1, 0.15) is 17.4 Å². The number of nitrogens with zero attached hydrogens (tertiary/aromatic N) is 1. The van der Waals surface area contributed by atoms with E-state index in [0.717, 1.165) is 20.5 Å². The largest absolute Gasteiger partial charge is 0.492 e. The highest BCUT2D eigenvalue weighted by Gasteiger charge is 2.14. The Balaban J connectivity index is 1.53. The number of hydrogen-bond acceptors (Lipinski definition) is 6. The standard InChI is InChI=1S/C17H18N2O3S3/c1-13-16(24-17(19-13)15-8-5-10-23-15)12-18-25(20,21)11-9-22-14-6-3-2-4-7-14/h2-8,10,18H,9,11-12H2,1H3. The number of para-hydroxylation sites is 1. The van der Waals surface area contributed by atoms with Gasteiger partial charge in [-0.25, -0.2) is 18.1 Å². The molecule has 8 heteroatoms. The van der Waals surface area contributed by atoms with E-state index in [-0.39, 0.29) is 18.9 Å². The first kappa shape index (κ1) is 18.1. The van der Waals surface area contributed by atoms with E-state index >= 15 is 0 Å². The van der Waals surface area contributed by atoms with Crippen LogP contribution in [-0.2, 0) is 16.6 Å². The Bertz CT molecular complexity index is 904. The van der Waals surface area contributed by atoms with Gasteiger partial charge in [-0.1, -0.05) is 24.3 Å². The van der Waals surface area contributed by atoms with Crippen molar-refractivity contribution in [2.75, 3.05) is 12.4 Å². The maximum absolute atomic E-state index is 12.1. The first-order valence-electron chi connectivity index (χ1n) is 7.69. The summed E-state index contributed by atoms with van der Waals surface area (Å²) in [4.78, 5) is 6.55. The van der Waals surface area contributed by atoms with Crippen LogP contribution in [-0.4, -0.2) is 25.8 Å². The van der Waals surface area contributed by atoms with Gasteiger partial charge in [-0.15, -0.1) is 22.7 Å². The lowest BCUT2D eigenvalue weighted by molar-refractivity contribution is 0.340. The van der Waals surface area contributed by atoms with Crippen LogP contribution in [0.5, 0.6) is 5.75 Å². The minimum absolute atomic E-state index is 0.0858. The summed E-state index contributed by atoms with van der Waals surface area (Å²) in [5.74, 6) is 0.578. The van der Waals surface area contributed by atoms with Gasteiger partial charge in [-0.05, 0) is 30.5 Å². The van der Waals surface area contributed by atoms with Crippen molar-refractivity contribution in [2.24, 2.45) is 0 Å². The maximum atomic E-state index is 12.1. The van der Waals surface area contributed by atoms with E-state index in [0.29, 0.717) is 5.75 Å². The minimum atomic E-state index is -3.40. The molecule has 0 amide bonds. The van der Waals surface area contributed by atoms with Crippen LogP contribution in [0.1, 0.15) is 10.6 Å². The number of aryl methyl sites for hydroxylation is 1. The topological polar surface area (TPSA) is 68.3 Å². The van der Waals surface area contributed by atoms with E-state index < -0.39 is 10.0 Å². The zero-order valence-electron chi connectivity index (χ0n) is 13.6. The third-order valence-electron chi connectivity index (χ3n) is 3.44. The predicted octanol–water partition coefficient (Wildman–Crippen LogP) is 3.68. The van der Waals surface area contributed by atoms with Gasteiger partial charge in [0.05, 0.1) is 16.3 Å². The smallest absolute Gasteiger partial charge is 0.215 e. The number of ether oxygens (including phenoxy) is 1. The van der Waals surface area contributed by atoms with Crippen LogP contribution >= 0.6 is 22.7 Å². The first-order valence-corrected chi connectivity index (χ1v) is 11.0. The van der Waals surface area contributed by atoms with E-state index in [2.05, 4.69) is 9.71 Å². The van der Waals surface area contributed by atoms with Crippen molar-refractivity contribution in [3.63, 3.8) is 0 Å².